The average Bonchev–Trinajstić information content (AvgIpc) is 3.27. The van der Waals surface area contributed by atoms with Crippen LogP contribution in [0.3, 0.4) is 0 Å². The average molecular weight is 322 g/mol. The lowest BCUT2D eigenvalue weighted by Gasteiger charge is -2.07. The number of anilines is 1. The number of nitrogens with one attached hydrogen (secondary N) is 1. The second-order valence-corrected chi connectivity index (χ2v) is 6.03. The first-order valence-corrected chi connectivity index (χ1v) is 7.99. The third-order valence-electron chi connectivity index (χ3n) is 4.31. The minimum absolute atomic E-state index is 0.116. The van der Waals surface area contributed by atoms with Gasteiger partial charge < -0.3 is 5.32 Å². The Bertz CT molecular complexity index is 894. The summed E-state index contributed by atoms with van der Waals surface area (Å²) in [6.45, 7) is 0.127. The van der Waals surface area contributed by atoms with Crippen molar-refractivity contribution in [3.8, 4) is 11.4 Å². The van der Waals surface area contributed by atoms with Gasteiger partial charge in [0.15, 0.2) is 0 Å². The Hall–Kier alpha value is -2.96. The molecule has 0 aliphatic heterocycles. The topological polar surface area (TPSA) is 77.6 Å². The minimum atomic E-state index is -0.116. The van der Waals surface area contributed by atoms with E-state index in [1.165, 1.54) is 22.2 Å². The van der Waals surface area contributed by atoms with E-state index in [1.807, 2.05) is 19.2 Å². The Morgan fingerprint density at radius 1 is 1.25 bits per heavy atom. The van der Waals surface area contributed by atoms with Crippen LogP contribution < -0.4 is 5.32 Å². The number of nitrogens with zero attached hydrogens (tertiary/aromatic N) is 5. The van der Waals surface area contributed by atoms with Crippen LogP contribution in [-0.4, -0.2) is 30.7 Å². The second kappa shape index (κ2) is 5.92. The van der Waals surface area contributed by atoms with Crippen LogP contribution in [-0.2, 0) is 31.2 Å². The van der Waals surface area contributed by atoms with Crippen molar-refractivity contribution in [1.82, 2.24) is 24.8 Å². The summed E-state index contributed by atoms with van der Waals surface area (Å²) in [5, 5.41) is 15.2. The predicted molar refractivity (Wildman–Crippen MR) is 89.3 cm³/mol. The summed E-state index contributed by atoms with van der Waals surface area (Å²) in [6.07, 6.45) is 6.88. The molecule has 1 N–H and O–H groups in total. The standard InChI is InChI=1S/C17H18N6O/c1-22-16(7-8-18-22)15-10-23(21-20-15)11-17(24)19-14-6-5-12-3-2-4-13(12)9-14/h5-10H,2-4,11H2,1H3,(H,19,24). The highest BCUT2D eigenvalue weighted by Crippen LogP contribution is 2.24. The van der Waals surface area contributed by atoms with E-state index in [0.717, 1.165) is 24.2 Å². The van der Waals surface area contributed by atoms with Crippen LogP contribution in [0.25, 0.3) is 11.4 Å². The second-order valence-electron chi connectivity index (χ2n) is 6.03. The molecular formula is C17H18N6O. The zero-order chi connectivity index (χ0) is 16.5. The van der Waals surface area contributed by atoms with Crippen molar-refractivity contribution in [3.05, 3.63) is 47.8 Å². The Balaban J connectivity index is 1.43. The smallest absolute Gasteiger partial charge is 0.246 e. The van der Waals surface area contributed by atoms with Crippen LogP contribution in [0.15, 0.2) is 36.7 Å². The third kappa shape index (κ3) is 2.80. The molecule has 0 spiro atoms. The van der Waals surface area contributed by atoms with Crippen molar-refractivity contribution >= 4 is 11.6 Å². The fourth-order valence-electron chi connectivity index (χ4n) is 3.12. The van der Waals surface area contributed by atoms with Crippen molar-refractivity contribution < 1.29 is 4.79 Å². The number of benzene rings is 1. The molecule has 122 valence electrons. The summed E-state index contributed by atoms with van der Waals surface area (Å²) in [5.74, 6) is -0.116. The monoisotopic (exact) mass is 322 g/mol. The summed E-state index contributed by atoms with van der Waals surface area (Å²) in [4.78, 5) is 12.2. The number of aromatic nitrogens is 5. The zero-order valence-corrected chi connectivity index (χ0v) is 13.4. The number of hydrogen-bond acceptors (Lipinski definition) is 4. The van der Waals surface area contributed by atoms with E-state index in [9.17, 15) is 4.79 Å². The van der Waals surface area contributed by atoms with Gasteiger partial charge in [-0.15, -0.1) is 5.10 Å². The lowest BCUT2D eigenvalue weighted by molar-refractivity contribution is -0.116. The number of rotatable bonds is 4. The molecule has 7 heteroatoms. The fraction of sp³-hybridized carbons (Fsp3) is 0.294. The van der Waals surface area contributed by atoms with E-state index < -0.39 is 0 Å². The zero-order valence-electron chi connectivity index (χ0n) is 13.4. The van der Waals surface area contributed by atoms with Crippen molar-refractivity contribution in [2.45, 2.75) is 25.8 Å². The van der Waals surface area contributed by atoms with E-state index in [1.54, 1.807) is 17.1 Å². The molecule has 1 amide bonds. The molecule has 0 saturated carbocycles. The largest absolute Gasteiger partial charge is 0.324 e. The van der Waals surface area contributed by atoms with Crippen LogP contribution in [0.4, 0.5) is 5.69 Å². The molecule has 0 unspecified atom stereocenters. The molecule has 0 bridgehead atoms. The molecule has 1 aliphatic rings. The third-order valence-corrected chi connectivity index (χ3v) is 4.31. The normalized spacial score (nSPS) is 13.0. The van der Waals surface area contributed by atoms with Crippen LogP contribution in [0.5, 0.6) is 0 Å². The molecule has 0 saturated heterocycles. The van der Waals surface area contributed by atoms with Gasteiger partial charge in [-0.2, -0.15) is 5.10 Å². The molecule has 1 aromatic carbocycles. The van der Waals surface area contributed by atoms with Gasteiger partial charge in [0.1, 0.15) is 12.2 Å². The van der Waals surface area contributed by atoms with E-state index in [-0.39, 0.29) is 12.5 Å². The first-order chi connectivity index (χ1) is 11.7. The lowest BCUT2D eigenvalue weighted by atomic mass is 10.1. The van der Waals surface area contributed by atoms with Crippen LogP contribution in [0.2, 0.25) is 0 Å². The maximum atomic E-state index is 12.2. The molecular weight excluding hydrogens is 304 g/mol. The van der Waals surface area contributed by atoms with E-state index in [2.05, 4.69) is 32.9 Å². The number of carbonyl (C=O) groups is 1. The van der Waals surface area contributed by atoms with Gasteiger partial charge in [0, 0.05) is 18.9 Å². The number of amides is 1. The summed E-state index contributed by atoms with van der Waals surface area (Å²) >= 11 is 0. The summed E-state index contributed by atoms with van der Waals surface area (Å²) in [6, 6.07) is 8.00. The van der Waals surface area contributed by atoms with E-state index in [0.29, 0.717) is 5.69 Å². The molecule has 0 fully saturated rings. The highest BCUT2D eigenvalue weighted by Gasteiger charge is 2.13. The van der Waals surface area contributed by atoms with Gasteiger partial charge in [-0.05, 0) is 48.6 Å². The SMILES string of the molecule is Cn1nccc1-c1cn(CC(=O)Nc2ccc3c(c2)CCC3)nn1. The minimum Gasteiger partial charge on any atom is -0.324 e. The Morgan fingerprint density at radius 3 is 2.96 bits per heavy atom. The van der Waals surface area contributed by atoms with Gasteiger partial charge in [0.05, 0.1) is 11.9 Å². The first-order valence-electron chi connectivity index (χ1n) is 7.99. The van der Waals surface area contributed by atoms with Gasteiger partial charge in [-0.25, -0.2) is 4.68 Å². The molecule has 2 heterocycles. The molecule has 0 atom stereocenters. The molecule has 1 aliphatic carbocycles. The lowest BCUT2D eigenvalue weighted by Crippen LogP contribution is -2.19. The number of carbonyl (C=O) groups excluding carboxylic acids is 1. The van der Waals surface area contributed by atoms with E-state index >= 15 is 0 Å². The Kier molecular flexibility index (Phi) is 3.60. The summed E-state index contributed by atoms with van der Waals surface area (Å²) < 4.78 is 3.25. The van der Waals surface area contributed by atoms with E-state index in [4.69, 9.17) is 0 Å². The van der Waals surface area contributed by atoms with Gasteiger partial charge in [-0.1, -0.05) is 11.3 Å². The quantitative estimate of drug-likeness (QED) is 0.794. The van der Waals surface area contributed by atoms with Crippen LogP contribution >= 0.6 is 0 Å². The fourth-order valence-corrected chi connectivity index (χ4v) is 3.12. The molecule has 3 aromatic rings. The van der Waals surface area contributed by atoms with Crippen LogP contribution in [0.1, 0.15) is 17.5 Å². The highest BCUT2D eigenvalue weighted by molar-refractivity contribution is 5.90. The number of fused-ring (bicyclic) bond motifs is 1. The Morgan fingerprint density at radius 2 is 2.12 bits per heavy atom. The summed E-state index contributed by atoms with van der Waals surface area (Å²) in [5.41, 5.74) is 5.13. The van der Waals surface area contributed by atoms with Crippen molar-refractivity contribution in [3.63, 3.8) is 0 Å². The first kappa shape index (κ1) is 14.6. The highest BCUT2D eigenvalue weighted by atomic mass is 16.2. The van der Waals surface area contributed by atoms with Crippen molar-refractivity contribution in [1.29, 1.82) is 0 Å². The molecule has 4 rings (SSSR count). The van der Waals surface area contributed by atoms with Gasteiger partial charge in [-0.3, -0.25) is 9.48 Å². The maximum Gasteiger partial charge on any atom is 0.246 e. The van der Waals surface area contributed by atoms with Crippen molar-refractivity contribution in [2.75, 3.05) is 5.32 Å². The molecule has 2 aromatic heterocycles. The van der Waals surface area contributed by atoms with Gasteiger partial charge in [0.25, 0.3) is 0 Å². The number of hydrogen-bond donors (Lipinski definition) is 1. The van der Waals surface area contributed by atoms with Crippen molar-refractivity contribution in [2.24, 2.45) is 7.05 Å². The van der Waals surface area contributed by atoms with Gasteiger partial charge in [0.2, 0.25) is 5.91 Å². The predicted octanol–water partition coefficient (Wildman–Crippen LogP) is 1.81. The maximum absolute atomic E-state index is 12.2. The molecule has 0 radical (unpaired) electrons. The summed E-state index contributed by atoms with van der Waals surface area (Å²) in [7, 11) is 1.84. The Labute approximate surface area is 139 Å². The van der Waals surface area contributed by atoms with Gasteiger partial charge >= 0.3 is 0 Å². The molecule has 7 nitrogen and oxygen atoms in total. The van der Waals surface area contributed by atoms with Crippen LogP contribution in [0, 0.1) is 0 Å². The number of aryl methyl sites for hydroxylation is 3. The molecule has 24 heavy (non-hydrogen) atoms.